The molecule has 0 unspecified atom stereocenters. The Labute approximate surface area is 442 Å². The van der Waals surface area contributed by atoms with Gasteiger partial charge in [-0.25, -0.2) is 0 Å². The molecule has 1 aliphatic heterocycles. The Morgan fingerprint density at radius 1 is 0.625 bits per heavy atom. The number of hydrogen-bond donors (Lipinski definition) is 0. The first kappa shape index (κ1) is 41.4. The monoisotopic (exact) mass is 1130 g/mol. The van der Waals surface area contributed by atoms with Gasteiger partial charge in [0.2, 0.25) is 0 Å². The van der Waals surface area contributed by atoms with Gasteiger partial charge in [-0.15, -0.1) is 0 Å². The molecule has 9 heteroatoms. The van der Waals surface area contributed by atoms with Crippen LogP contribution >= 0.6 is 0 Å². The third-order valence-corrected chi connectivity index (χ3v) is 14.6. The van der Waals surface area contributed by atoms with Crippen LogP contribution in [0.15, 0.2) is 188 Å². The summed E-state index contributed by atoms with van der Waals surface area (Å²) in [6.07, 6.45) is 3.64. The van der Waals surface area contributed by atoms with Crippen LogP contribution in [0.1, 0.15) is 78.4 Å². The van der Waals surface area contributed by atoms with E-state index in [0.29, 0.717) is 22.7 Å². The Hall–Kier alpha value is -7.28. The molecule has 0 aliphatic carbocycles. The molecule has 0 radical (unpaired) electrons. The number of aryl methyl sites for hydroxylation is 1. The van der Waals surface area contributed by atoms with Crippen LogP contribution < -0.4 is 9.55 Å². The maximum absolute atomic E-state index is 9.31. The standard InChI is InChI=1S/C63H59BN6O.Pt/c1-9-33-64-69(60-35-43(2)32-34-65-60)58-40-51(30-31-54(58)59-41-55(66-70(59)64)45-22-14-11-15-23-45)71-50-25-18-24-49(39-50)67-42-68(57-29-17-16-28-56(57)67)61-52(44-20-12-10-13-21-44)26-19-27-53(61)46-36-47(62(3,4)5)38-48(37-46)63(6,7)8;/h10-32,34-41H,9,33H2,1-8H3;/i10D,12D,13D,20D,21D;. The molecule has 7 nitrogen and oxygen atoms in total. The van der Waals surface area contributed by atoms with Crippen molar-refractivity contribution in [3.8, 4) is 67.6 Å². The number of hydrogen-bond acceptors (Lipinski definition) is 4. The first-order chi connectivity index (χ1) is 36.8. The van der Waals surface area contributed by atoms with Crippen LogP contribution in [0.3, 0.4) is 0 Å². The van der Waals surface area contributed by atoms with E-state index in [1.54, 1.807) is 0 Å². The number of nitrogens with zero attached hydrogens (tertiary/aromatic N) is 6. The molecule has 1 aliphatic rings. The van der Waals surface area contributed by atoms with Crippen LogP contribution in [-0.4, -0.2) is 30.8 Å². The number of aromatic nitrogens is 5. The van der Waals surface area contributed by atoms with Crippen molar-refractivity contribution >= 4 is 29.5 Å². The van der Waals surface area contributed by atoms with E-state index in [9.17, 15) is 2.74 Å². The number of anilines is 2. The zero-order valence-electron chi connectivity index (χ0n) is 46.9. The number of fused-ring (bicyclic) bond motifs is 4. The number of para-hydroxylation sites is 3. The van der Waals surface area contributed by atoms with E-state index in [1.807, 2.05) is 79.0 Å². The summed E-state index contributed by atoms with van der Waals surface area (Å²) in [6, 6.07) is 50.1. The Balaban J connectivity index is 1.08. The van der Waals surface area contributed by atoms with E-state index >= 15 is 0 Å². The van der Waals surface area contributed by atoms with Crippen molar-refractivity contribution in [3.05, 3.63) is 209 Å². The van der Waals surface area contributed by atoms with Gasteiger partial charge in [-0.2, -0.15) is 5.10 Å². The third-order valence-electron chi connectivity index (χ3n) is 13.6. The van der Waals surface area contributed by atoms with Gasteiger partial charge in [-0.1, -0.05) is 43.7 Å². The summed E-state index contributed by atoms with van der Waals surface area (Å²) < 4.78 is 59.0. The minimum atomic E-state index is -0.434. The van der Waals surface area contributed by atoms with E-state index in [2.05, 4.69) is 172 Å². The van der Waals surface area contributed by atoms with Gasteiger partial charge in [0.1, 0.15) is 0 Å². The normalized spacial score (nSPS) is 13.6. The average Bonchev–Trinajstić information content (AvgIpc) is 4.22. The van der Waals surface area contributed by atoms with Gasteiger partial charge in [0.05, 0.1) is 5.69 Å². The second-order valence-corrected chi connectivity index (χ2v) is 21.8. The van der Waals surface area contributed by atoms with Crippen LogP contribution in [0.25, 0.3) is 67.2 Å². The average molecular weight is 1130 g/mol. The molecule has 3 aromatic heterocycles. The Morgan fingerprint density at radius 2 is 1.29 bits per heavy atom. The molecular weight excluding hydrogens is 1060 g/mol. The van der Waals surface area contributed by atoms with Crippen molar-refractivity contribution in [1.29, 1.82) is 0 Å². The molecule has 7 aromatic carbocycles. The van der Waals surface area contributed by atoms with Crippen LogP contribution in [0.4, 0.5) is 11.5 Å². The first-order valence-corrected chi connectivity index (χ1v) is 25.8. The van der Waals surface area contributed by atoms with Crippen LogP contribution in [0, 0.1) is 10.7 Å². The number of rotatable bonds is 10. The molecule has 0 saturated carbocycles. The molecule has 11 rings (SSSR count). The summed E-state index contributed by atoms with van der Waals surface area (Å²) in [5.41, 5.74) is 13.9. The second-order valence-electron chi connectivity index (χ2n) is 20.7. The molecule has 4 heterocycles. The fourth-order valence-corrected chi connectivity index (χ4v) is 11.0. The summed E-state index contributed by atoms with van der Waals surface area (Å²) in [5, 5.41) is 5.25. The Morgan fingerprint density at radius 3 is 1.99 bits per heavy atom. The molecule has 0 N–H and O–H groups in total. The first-order valence-electron chi connectivity index (χ1n) is 27.2. The Bertz CT molecular complexity index is 3960. The molecule has 0 bridgehead atoms. The molecule has 0 atom stereocenters. The van der Waals surface area contributed by atoms with E-state index in [0.717, 1.165) is 84.0 Å². The molecular formula is C63H59BN6OPt. The summed E-state index contributed by atoms with van der Waals surface area (Å²) >= 11 is 2.38. The Kier molecular flexibility index (Phi) is 10.8. The van der Waals surface area contributed by atoms with Crippen LogP contribution in [-0.2, 0) is 30.2 Å². The van der Waals surface area contributed by atoms with Crippen molar-refractivity contribution in [2.75, 3.05) is 4.81 Å². The van der Waals surface area contributed by atoms with E-state index in [-0.39, 0.29) is 47.5 Å². The van der Waals surface area contributed by atoms with Gasteiger partial charge in [-0.3, -0.25) is 0 Å². The molecule has 72 heavy (non-hydrogen) atoms. The zero-order chi connectivity index (χ0) is 54.2. The van der Waals surface area contributed by atoms with Crippen LogP contribution in [0.5, 0.6) is 11.5 Å². The van der Waals surface area contributed by atoms with Crippen molar-refractivity contribution in [2.24, 2.45) is 0 Å². The zero-order valence-corrected chi connectivity index (χ0v) is 44.2. The molecule has 10 aromatic rings. The van der Waals surface area contributed by atoms with Gasteiger partial charge in [0, 0.05) is 11.8 Å². The molecule has 0 amide bonds. The van der Waals surface area contributed by atoms with E-state index in [4.69, 9.17) is 18.9 Å². The van der Waals surface area contributed by atoms with Gasteiger partial charge in [0.25, 0.3) is 0 Å². The van der Waals surface area contributed by atoms with Crippen LogP contribution in [0.2, 0.25) is 6.32 Å². The van der Waals surface area contributed by atoms with Gasteiger partial charge < -0.3 is 0 Å². The summed E-state index contributed by atoms with van der Waals surface area (Å²) in [6.45, 7) is 17.5. The fraction of sp³-hybridized carbons (Fsp3) is 0.190. The van der Waals surface area contributed by atoms with Gasteiger partial charge in [-0.05, 0) is 18.6 Å². The summed E-state index contributed by atoms with van der Waals surface area (Å²) in [4.78, 5) is 7.24. The van der Waals surface area contributed by atoms with E-state index < -0.39 is 6.04 Å². The number of ether oxygens (including phenoxy) is 1. The maximum atomic E-state index is 9.31. The summed E-state index contributed by atoms with van der Waals surface area (Å²) in [7, 11) is 0. The quantitative estimate of drug-likeness (QED) is 0.128. The molecule has 0 spiro atoms. The van der Waals surface area contributed by atoms with Gasteiger partial charge >= 0.3 is 359 Å². The number of benzene rings is 7. The van der Waals surface area contributed by atoms with Gasteiger partial charge in [0.15, 0.2) is 0 Å². The van der Waals surface area contributed by atoms with Crippen molar-refractivity contribution in [1.82, 2.24) is 23.8 Å². The van der Waals surface area contributed by atoms with E-state index in [1.165, 1.54) is 11.1 Å². The topological polar surface area (TPSA) is 53.0 Å². The molecule has 360 valence electrons. The third kappa shape index (κ3) is 8.70. The van der Waals surface area contributed by atoms with Crippen molar-refractivity contribution < 1.29 is 30.9 Å². The minimum absolute atomic E-state index is 0.135. The molecule has 0 saturated heterocycles. The predicted octanol–water partition coefficient (Wildman–Crippen LogP) is 16.4. The van der Waals surface area contributed by atoms with Crippen molar-refractivity contribution in [2.45, 2.75) is 79.0 Å². The van der Waals surface area contributed by atoms with Crippen molar-refractivity contribution in [3.63, 3.8) is 0 Å². The second kappa shape index (κ2) is 18.7. The number of imidazole rings is 1. The number of pyridine rings is 1. The predicted molar refractivity (Wildman–Crippen MR) is 295 cm³/mol. The molecule has 0 fully saturated rings. The fourth-order valence-electron chi connectivity index (χ4n) is 9.92. The SMILES string of the molecule is [2H]c1c([2H])c([2H])c(-c2cccc(-c3cc(C(C)(C)C)cc(C(C)(C)C)c3)c2-n2[c](=[Pt])n(-c3cccc(Oc4ccc5c(c4)N(c4cc(C)ccn4)B(CCC)n4nc(-c6ccccc6)cc4-5)c3)c3ccccc32)c([2H])c1[2H]. The summed E-state index contributed by atoms with van der Waals surface area (Å²) in [5.74, 6) is 2.13.